The highest BCUT2D eigenvalue weighted by atomic mass is 16.5. The number of carbonyl (C=O) groups excluding carboxylic acids is 3. The quantitative estimate of drug-likeness (QED) is 0.377. The maximum atomic E-state index is 12.4. The van der Waals surface area contributed by atoms with E-state index in [1.165, 1.54) is 16.5 Å². The Labute approximate surface area is 205 Å². The molecule has 6 nitrogen and oxygen atoms in total. The molecule has 0 bridgehead atoms. The standard InChI is InChI=1S/C29H28N2O4/c1-29(2,3)21-14-11-20(12-15-21)13-16-26(32)30-22-7-6-8-23(19-22)35-18-17-31-27(33)24-9-4-5-10-25(24)28(31)34/h4-16,19H,17-18H2,1-3H3,(H,30,32). The number of anilines is 1. The number of nitrogens with zero attached hydrogens (tertiary/aromatic N) is 1. The van der Waals surface area contributed by atoms with Crippen molar-refractivity contribution >= 4 is 29.5 Å². The number of carbonyl (C=O) groups is 3. The molecule has 0 fully saturated rings. The molecule has 1 heterocycles. The molecule has 1 aliphatic heterocycles. The third-order valence-corrected chi connectivity index (χ3v) is 5.77. The lowest BCUT2D eigenvalue weighted by Crippen LogP contribution is -2.33. The molecular weight excluding hydrogens is 440 g/mol. The summed E-state index contributed by atoms with van der Waals surface area (Å²) in [5.74, 6) is -0.348. The van der Waals surface area contributed by atoms with E-state index in [-0.39, 0.29) is 36.3 Å². The Bertz CT molecular complexity index is 1250. The lowest BCUT2D eigenvalue weighted by molar-refractivity contribution is -0.111. The Morgan fingerprint density at radius 1 is 0.914 bits per heavy atom. The van der Waals surface area contributed by atoms with E-state index < -0.39 is 0 Å². The third-order valence-electron chi connectivity index (χ3n) is 5.77. The highest BCUT2D eigenvalue weighted by Gasteiger charge is 2.34. The highest BCUT2D eigenvalue weighted by molar-refractivity contribution is 6.21. The molecule has 3 aromatic carbocycles. The van der Waals surface area contributed by atoms with Gasteiger partial charge in [0, 0.05) is 17.8 Å². The lowest BCUT2D eigenvalue weighted by Gasteiger charge is -2.18. The summed E-state index contributed by atoms with van der Waals surface area (Å²) in [4.78, 5) is 38.5. The molecule has 35 heavy (non-hydrogen) atoms. The van der Waals surface area contributed by atoms with E-state index in [1.807, 2.05) is 12.1 Å². The summed E-state index contributed by atoms with van der Waals surface area (Å²) >= 11 is 0. The van der Waals surface area contributed by atoms with E-state index in [0.717, 1.165) is 5.56 Å². The van der Waals surface area contributed by atoms with Crippen LogP contribution in [-0.4, -0.2) is 35.8 Å². The number of rotatable bonds is 7. The molecule has 6 heteroatoms. The van der Waals surface area contributed by atoms with Gasteiger partial charge in [0.15, 0.2) is 0 Å². The molecule has 0 saturated heterocycles. The highest BCUT2D eigenvalue weighted by Crippen LogP contribution is 2.24. The smallest absolute Gasteiger partial charge is 0.261 e. The largest absolute Gasteiger partial charge is 0.492 e. The fraction of sp³-hybridized carbons (Fsp3) is 0.207. The van der Waals surface area contributed by atoms with Gasteiger partial charge in [-0.3, -0.25) is 19.3 Å². The summed E-state index contributed by atoms with van der Waals surface area (Å²) in [6.07, 6.45) is 3.26. The predicted octanol–water partition coefficient (Wildman–Crippen LogP) is 5.31. The predicted molar refractivity (Wildman–Crippen MR) is 137 cm³/mol. The fourth-order valence-electron chi connectivity index (χ4n) is 3.81. The molecule has 4 rings (SSSR count). The molecule has 0 unspecified atom stereocenters. The minimum Gasteiger partial charge on any atom is -0.492 e. The van der Waals surface area contributed by atoms with Gasteiger partial charge in [0.05, 0.1) is 17.7 Å². The van der Waals surface area contributed by atoms with E-state index in [2.05, 4.69) is 38.2 Å². The summed E-state index contributed by atoms with van der Waals surface area (Å²) in [5, 5.41) is 2.82. The Balaban J connectivity index is 1.30. The second-order valence-electron chi connectivity index (χ2n) is 9.38. The van der Waals surface area contributed by atoms with Crippen molar-refractivity contribution in [3.8, 4) is 5.75 Å². The van der Waals surface area contributed by atoms with Gasteiger partial charge in [-0.05, 0) is 46.9 Å². The van der Waals surface area contributed by atoms with Crippen molar-refractivity contribution in [1.29, 1.82) is 0 Å². The molecule has 0 aromatic heterocycles. The minimum absolute atomic E-state index is 0.0806. The number of ether oxygens (including phenoxy) is 1. The van der Waals surface area contributed by atoms with Crippen LogP contribution in [0.3, 0.4) is 0 Å². The van der Waals surface area contributed by atoms with Crippen molar-refractivity contribution in [3.63, 3.8) is 0 Å². The van der Waals surface area contributed by atoms with E-state index in [0.29, 0.717) is 22.6 Å². The van der Waals surface area contributed by atoms with Gasteiger partial charge in [-0.25, -0.2) is 0 Å². The van der Waals surface area contributed by atoms with Crippen LogP contribution in [0, 0.1) is 0 Å². The number of amides is 3. The third kappa shape index (κ3) is 5.66. The average molecular weight is 469 g/mol. The van der Waals surface area contributed by atoms with Gasteiger partial charge in [-0.2, -0.15) is 0 Å². The number of fused-ring (bicyclic) bond motifs is 1. The van der Waals surface area contributed by atoms with Crippen LogP contribution in [0.15, 0.2) is 78.9 Å². The topological polar surface area (TPSA) is 75.7 Å². The first-order chi connectivity index (χ1) is 16.7. The summed E-state index contributed by atoms with van der Waals surface area (Å²) in [5.41, 5.74) is 3.68. The molecular formula is C29H28N2O4. The number of benzene rings is 3. The van der Waals surface area contributed by atoms with Gasteiger partial charge in [-0.1, -0.05) is 63.2 Å². The van der Waals surface area contributed by atoms with Crippen molar-refractivity contribution in [2.24, 2.45) is 0 Å². The van der Waals surface area contributed by atoms with Gasteiger partial charge >= 0.3 is 0 Å². The molecule has 0 atom stereocenters. The van der Waals surface area contributed by atoms with Gasteiger partial charge in [-0.15, -0.1) is 0 Å². The number of hydrogen-bond donors (Lipinski definition) is 1. The second-order valence-corrected chi connectivity index (χ2v) is 9.38. The maximum absolute atomic E-state index is 12.4. The first-order valence-corrected chi connectivity index (χ1v) is 11.5. The Hall–Kier alpha value is -4.19. The Kier molecular flexibility index (Phi) is 6.82. The molecule has 0 spiro atoms. The summed E-state index contributed by atoms with van der Waals surface area (Å²) < 4.78 is 5.74. The molecule has 3 aromatic rings. The molecule has 178 valence electrons. The van der Waals surface area contributed by atoms with E-state index in [4.69, 9.17) is 4.74 Å². The van der Waals surface area contributed by atoms with Crippen LogP contribution in [0.5, 0.6) is 5.75 Å². The van der Waals surface area contributed by atoms with Crippen molar-refractivity contribution in [1.82, 2.24) is 4.90 Å². The lowest BCUT2D eigenvalue weighted by atomic mass is 9.87. The first-order valence-electron chi connectivity index (χ1n) is 11.5. The van der Waals surface area contributed by atoms with Crippen molar-refractivity contribution in [3.05, 3.63) is 101 Å². The number of hydrogen-bond acceptors (Lipinski definition) is 4. The zero-order chi connectivity index (χ0) is 25.0. The van der Waals surface area contributed by atoms with E-state index in [9.17, 15) is 14.4 Å². The van der Waals surface area contributed by atoms with Crippen LogP contribution in [-0.2, 0) is 10.2 Å². The second kappa shape index (κ2) is 9.97. The zero-order valence-electron chi connectivity index (χ0n) is 20.1. The first kappa shape index (κ1) is 24.0. The summed E-state index contributed by atoms with van der Waals surface area (Å²) in [6.45, 7) is 6.77. The van der Waals surface area contributed by atoms with E-state index >= 15 is 0 Å². The molecule has 1 N–H and O–H groups in total. The summed E-state index contributed by atoms with van der Waals surface area (Å²) in [6, 6.07) is 21.9. The van der Waals surface area contributed by atoms with Crippen LogP contribution in [0.25, 0.3) is 6.08 Å². The van der Waals surface area contributed by atoms with Gasteiger partial charge < -0.3 is 10.1 Å². The average Bonchev–Trinajstić information content (AvgIpc) is 3.08. The molecule has 0 saturated carbocycles. The van der Waals surface area contributed by atoms with Gasteiger partial charge in [0.2, 0.25) is 5.91 Å². The Morgan fingerprint density at radius 3 is 2.20 bits per heavy atom. The van der Waals surface area contributed by atoms with Crippen LogP contribution < -0.4 is 10.1 Å². The monoisotopic (exact) mass is 468 g/mol. The van der Waals surface area contributed by atoms with Gasteiger partial charge in [0.1, 0.15) is 12.4 Å². The fourth-order valence-corrected chi connectivity index (χ4v) is 3.81. The molecule has 0 aliphatic carbocycles. The molecule has 1 aliphatic rings. The number of nitrogens with one attached hydrogen (secondary N) is 1. The SMILES string of the molecule is CC(C)(C)c1ccc(C=CC(=O)Nc2cccc(OCCN3C(=O)c4ccccc4C3=O)c2)cc1. The van der Waals surface area contributed by atoms with E-state index in [1.54, 1.807) is 54.6 Å². The Morgan fingerprint density at radius 2 is 1.57 bits per heavy atom. The maximum Gasteiger partial charge on any atom is 0.261 e. The van der Waals surface area contributed by atoms with Crippen LogP contribution in [0.4, 0.5) is 5.69 Å². The van der Waals surface area contributed by atoms with Crippen molar-refractivity contribution in [2.75, 3.05) is 18.5 Å². The van der Waals surface area contributed by atoms with Crippen molar-refractivity contribution in [2.45, 2.75) is 26.2 Å². The van der Waals surface area contributed by atoms with Crippen molar-refractivity contribution < 1.29 is 19.1 Å². The zero-order valence-corrected chi connectivity index (χ0v) is 20.1. The minimum atomic E-state index is -0.310. The van der Waals surface area contributed by atoms with Crippen LogP contribution in [0.2, 0.25) is 0 Å². The van der Waals surface area contributed by atoms with Gasteiger partial charge in [0.25, 0.3) is 11.8 Å². The molecule has 0 radical (unpaired) electrons. The normalized spacial score (nSPS) is 13.3. The van der Waals surface area contributed by atoms with Crippen LogP contribution >= 0.6 is 0 Å². The molecule has 3 amide bonds. The number of imide groups is 1. The van der Waals surface area contributed by atoms with Crippen LogP contribution in [0.1, 0.15) is 52.6 Å². The summed E-state index contributed by atoms with van der Waals surface area (Å²) in [7, 11) is 0.